The third-order valence-electron chi connectivity index (χ3n) is 4.53. The number of hydrogen-bond donors (Lipinski definition) is 0. The summed E-state index contributed by atoms with van der Waals surface area (Å²) in [4.78, 5) is 18.3. The summed E-state index contributed by atoms with van der Waals surface area (Å²) < 4.78 is 58.6. The summed E-state index contributed by atoms with van der Waals surface area (Å²) in [5, 5.41) is 10.8. The average Bonchev–Trinajstić information content (AvgIpc) is 3.21. The molecule has 1 atom stereocenters. The highest BCUT2D eigenvalue weighted by Crippen LogP contribution is 2.25. The van der Waals surface area contributed by atoms with Gasteiger partial charge in [0.15, 0.2) is 0 Å². The van der Waals surface area contributed by atoms with Gasteiger partial charge in [0.2, 0.25) is 0 Å². The number of benzene rings is 1. The van der Waals surface area contributed by atoms with Gasteiger partial charge in [-0.3, -0.25) is 9.55 Å². The topological polar surface area (TPSA) is 111 Å². The second kappa shape index (κ2) is 9.32. The fourth-order valence-corrected chi connectivity index (χ4v) is 2.99. The van der Waals surface area contributed by atoms with E-state index in [0.717, 1.165) is 17.7 Å². The van der Waals surface area contributed by atoms with E-state index >= 15 is 0 Å². The molecule has 174 valence electrons. The molecule has 1 aliphatic rings. The lowest BCUT2D eigenvalue weighted by Gasteiger charge is -2.22. The quantitative estimate of drug-likeness (QED) is 0.366. The maximum absolute atomic E-state index is 12.2. The van der Waals surface area contributed by atoms with Crippen molar-refractivity contribution in [3.05, 3.63) is 70.2 Å². The normalized spacial score (nSPS) is 15.4. The van der Waals surface area contributed by atoms with Crippen molar-refractivity contribution in [2.45, 2.75) is 32.2 Å². The van der Waals surface area contributed by atoms with Gasteiger partial charge >= 0.3 is 18.2 Å². The summed E-state index contributed by atoms with van der Waals surface area (Å²) in [6, 6.07) is 8.81. The maximum atomic E-state index is 12.2. The summed E-state index contributed by atoms with van der Waals surface area (Å²) in [5.41, 5.74) is 1.42. The fourth-order valence-electron chi connectivity index (χ4n) is 2.99. The standard InChI is InChI=1S/C20H17F3N4O6/c21-20(22,23)33-16-5-3-15(4-6-16)31-11-14-2-1-13(7-24-14)10-30-17-8-26-9-18(27(28)29)25-19(26)32-12-17/h1-7,9,17H,8,10-12H2/t17-/m0/s1. The molecule has 3 aromatic rings. The summed E-state index contributed by atoms with van der Waals surface area (Å²) in [7, 11) is 0. The molecule has 0 N–H and O–H groups in total. The lowest BCUT2D eigenvalue weighted by molar-refractivity contribution is -0.389. The fraction of sp³-hybridized carbons (Fsp3) is 0.300. The van der Waals surface area contributed by atoms with Crippen LogP contribution in [0.1, 0.15) is 11.3 Å². The smallest absolute Gasteiger partial charge is 0.487 e. The van der Waals surface area contributed by atoms with Gasteiger partial charge in [-0.2, -0.15) is 0 Å². The molecule has 4 rings (SSSR count). The number of nitrogens with zero attached hydrogens (tertiary/aromatic N) is 4. The number of pyridine rings is 1. The van der Waals surface area contributed by atoms with Crippen molar-refractivity contribution in [1.29, 1.82) is 0 Å². The third kappa shape index (κ3) is 6.10. The summed E-state index contributed by atoms with van der Waals surface area (Å²) in [6.45, 7) is 0.983. The van der Waals surface area contributed by atoms with Crippen molar-refractivity contribution >= 4 is 5.82 Å². The van der Waals surface area contributed by atoms with Crippen LogP contribution in [0.4, 0.5) is 19.0 Å². The van der Waals surface area contributed by atoms with Gasteiger partial charge in [0.1, 0.15) is 37.0 Å². The molecule has 0 unspecified atom stereocenters. The minimum Gasteiger partial charge on any atom is -0.487 e. The Kier molecular flexibility index (Phi) is 6.31. The van der Waals surface area contributed by atoms with E-state index in [9.17, 15) is 23.3 Å². The van der Waals surface area contributed by atoms with Gasteiger partial charge in [0.05, 0.1) is 18.8 Å². The molecule has 2 aromatic heterocycles. The molecule has 0 bridgehead atoms. The zero-order valence-electron chi connectivity index (χ0n) is 16.9. The number of aromatic nitrogens is 3. The lowest BCUT2D eigenvalue weighted by atomic mass is 10.2. The SMILES string of the molecule is O=[N+]([O-])c1cn2c(n1)OC[C@@H](OCc1ccc(COc3ccc(OC(F)(F)F)cc3)nc1)C2. The molecule has 1 aliphatic heterocycles. The van der Waals surface area contributed by atoms with E-state index < -0.39 is 11.3 Å². The first-order valence-corrected chi connectivity index (χ1v) is 9.63. The monoisotopic (exact) mass is 466 g/mol. The van der Waals surface area contributed by atoms with E-state index in [0.29, 0.717) is 18.0 Å². The number of halogens is 3. The summed E-state index contributed by atoms with van der Waals surface area (Å²) in [6.07, 6.45) is -2.13. The predicted octanol–water partition coefficient (Wildman–Crippen LogP) is 3.64. The van der Waals surface area contributed by atoms with Crippen molar-refractivity contribution in [3.8, 4) is 17.5 Å². The number of nitro groups is 1. The molecule has 0 aliphatic carbocycles. The first-order chi connectivity index (χ1) is 15.7. The van der Waals surface area contributed by atoms with Crippen LogP contribution < -0.4 is 14.2 Å². The Hall–Kier alpha value is -3.87. The maximum Gasteiger partial charge on any atom is 0.573 e. The molecular formula is C20H17F3N4O6. The summed E-state index contributed by atoms with van der Waals surface area (Å²) >= 11 is 0. The van der Waals surface area contributed by atoms with E-state index in [2.05, 4.69) is 14.7 Å². The van der Waals surface area contributed by atoms with Crippen molar-refractivity contribution in [1.82, 2.24) is 14.5 Å². The average molecular weight is 466 g/mol. The van der Waals surface area contributed by atoms with Crippen molar-refractivity contribution in [2.75, 3.05) is 6.61 Å². The highest BCUT2D eigenvalue weighted by Gasteiger charge is 2.31. The Bertz CT molecular complexity index is 1100. The van der Waals surface area contributed by atoms with Gasteiger partial charge in [-0.15, -0.1) is 13.2 Å². The molecule has 0 saturated heterocycles. The first kappa shape index (κ1) is 22.3. The second-order valence-corrected chi connectivity index (χ2v) is 7.00. The van der Waals surface area contributed by atoms with E-state index in [-0.39, 0.29) is 43.5 Å². The van der Waals surface area contributed by atoms with Crippen LogP contribution in [0.25, 0.3) is 0 Å². The Balaban J connectivity index is 1.24. The van der Waals surface area contributed by atoms with Gasteiger partial charge in [-0.1, -0.05) is 6.07 Å². The van der Waals surface area contributed by atoms with Crippen LogP contribution in [0.5, 0.6) is 17.5 Å². The first-order valence-electron chi connectivity index (χ1n) is 9.63. The lowest BCUT2D eigenvalue weighted by Crippen LogP contribution is -2.32. The van der Waals surface area contributed by atoms with Gasteiger partial charge in [-0.25, -0.2) is 0 Å². The van der Waals surface area contributed by atoms with E-state index in [1.165, 1.54) is 22.9 Å². The Labute approximate surface area is 184 Å². The van der Waals surface area contributed by atoms with Crippen molar-refractivity contribution < 1.29 is 37.0 Å². The van der Waals surface area contributed by atoms with Crippen LogP contribution in [0.15, 0.2) is 48.8 Å². The number of fused-ring (bicyclic) bond motifs is 1. The number of imidazole rings is 1. The highest BCUT2D eigenvalue weighted by molar-refractivity contribution is 5.31. The minimum absolute atomic E-state index is 0.124. The largest absolute Gasteiger partial charge is 0.573 e. The van der Waals surface area contributed by atoms with Crippen LogP contribution >= 0.6 is 0 Å². The molecule has 13 heteroatoms. The van der Waals surface area contributed by atoms with Gasteiger partial charge < -0.3 is 29.1 Å². The van der Waals surface area contributed by atoms with E-state index in [4.69, 9.17) is 14.2 Å². The Morgan fingerprint density at radius 3 is 2.58 bits per heavy atom. The molecule has 3 heterocycles. The van der Waals surface area contributed by atoms with Crippen LogP contribution in [0.3, 0.4) is 0 Å². The number of ether oxygens (including phenoxy) is 4. The summed E-state index contributed by atoms with van der Waals surface area (Å²) in [5.74, 6) is -0.239. The molecule has 10 nitrogen and oxygen atoms in total. The third-order valence-corrected chi connectivity index (χ3v) is 4.53. The molecule has 0 amide bonds. The van der Waals surface area contributed by atoms with Gasteiger partial charge in [0, 0.05) is 11.2 Å². The number of hydrogen-bond acceptors (Lipinski definition) is 8. The number of rotatable bonds is 8. The zero-order valence-corrected chi connectivity index (χ0v) is 16.9. The molecule has 33 heavy (non-hydrogen) atoms. The van der Waals surface area contributed by atoms with Crippen LogP contribution in [0.2, 0.25) is 0 Å². The molecular weight excluding hydrogens is 449 g/mol. The van der Waals surface area contributed by atoms with Crippen molar-refractivity contribution in [2.24, 2.45) is 0 Å². The molecule has 0 spiro atoms. The predicted molar refractivity (Wildman–Crippen MR) is 105 cm³/mol. The minimum atomic E-state index is -4.75. The highest BCUT2D eigenvalue weighted by atomic mass is 19.4. The Morgan fingerprint density at radius 2 is 1.91 bits per heavy atom. The van der Waals surface area contributed by atoms with E-state index in [1.807, 2.05) is 6.07 Å². The van der Waals surface area contributed by atoms with Crippen LogP contribution in [-0.2, 0) is 24.5 Å². The van der Waals surface area contributed by atoms with Gasteiger partial charge in [0.25, 0.3) is 0 Å². The van der Waals surface area contributed by atoms with Crippen LogP contribution in [-0.4, -0.2) is 38.5 Å². The Morgan fingerprint density at radius 1 is 1.15 bits per heavy atom. The van der Waals surface area contributed by atoms with Gasteiger partial charge in [-0.05, 0) is 40.8 Å². The van der Waals surface area contributed by atoms with Crippen LogP contribution in [0, 0.1) is 10.1 Å². The molecule has 0 radical (unpaired) electrons. The second-order valence-electron chi connectivity index (χ2n) is 7.00. The van der Waals surface area contributed by atoms with Crippen molar-refractivity contribution in [3.63, 3.8) is 0 Å². The molecule has 1 aromatic carbocycles. The van der Waals surface area contributed by atoms with E-state index in [1.54, 1.807) is 12.3 Å². The molecule has 0 saturated carbocycles. The number of alkyl halides is 3. The molecule has 0 fully saturated rings. The zero-order chi connectivity index (χ0) is 23.4.